The van der Waals surface area contributed by atoms with Gasteiger partial charge in [-0.1, -0.05) is 27.7 Å². The van der Waals surface area contributed by atoms with E-state index in [4.69, 9.17) is 4.74 Å². The summed E-state index contributed by atoms with van der Waals surface area (Å²) in [5, 5.41) is 3.42. The summed E-state index contributed by atoms with van der Waals surface area (Å²) in [7, 11) is 0. The molecule has 0 saturated heterocycles. The molecule has 3 nitrogen and oxygen atoms in total. The fourth-order valence-corrected chi connectivity index (χ4v) is 1.54. The summed E-state index contributed by atoms with van der Waals surface area (Å²) in [6, 6.07) is 4.05. The number of hydrogen-bond donors (Lipinski definition) is 1. The molecule has 0 bridgehead atoms. The first-order valence-corrected chi connectivity index (χ1v) is 6.86. The van der Waals surface area contributed by atoms with Crippen LogP contribution in [0.3, 0.4) is 0 Å². The Bertz CT molecular complexity index is 308. The van der Waals surface area contributed by atoms with E-state index < -0.39 is 0 Å². The minimum atomic E-state index is 0.667. The zero-order chi connectivity index (χ0) is 13.4. The van der Waals surface area contributed by atoms with E-state index in [-0.39, 0.29) is 0 Å². The highest BCUT2D eigenvalue weighted by Gasteiger charge is 2.00. The van der Waals surface area contributed by atoms with Gasteiger partial charge in [-0.25, -0.2) is 4.98 Å². The van der Waals surface area contributed by atoms with Crippen LogP contribution in [0.25, 0.3) is 0 Å². The molecule has 0 aliphatic rings. The largest absolute Gasteiger partial charge is 0.478 e. The predicted octanol–water partition coefficient (Wildman–Crippen LogP) is 3.25. The zero-order valence-electron chi connectivity index (χ0n) is 12.1. The number of pyridine rings is 1. The third-order valence-corrected chi connectivity index (χ3v) is 2.63. The molecule has 18 heavy (non-hydrogen) atoms. The van der Waals surface area contributed by atoms with Crippen molar-refractivity contribution in [3.05, 3.63) is 23.9 Å². The fourth-order valence-electron chi connectivity index (χ4n) is 1.54. The number of nitrogens with one attached hydrogen (secondary N) is 1. The summed E-state index contributed by atoms with van der Waals surface area (Å²) in [6.45, 7) is 11.5. The second-order valence-corrected chi connectivity index (χ2v) is 5.56. The molecule has 0 aliphatic carbocycles. The Labute approximate surface area is 111 Å². The van der Waals surface area contributed by atoms with Crippen LogP contribution in [0.5, 0.6) is 5.88 Å². The van der Waals surface area contributed by atoms with E-state index in [0.29, 0.717) is 11.8 Å². The SMILES string of the molecule is CC(C)CCOc1cc(CNCC(C)C)ccn1. The lowest BCUT2D eigenvalue weighted by Gasteiger charge is -2.10. The van der Waals surface area contributed by atoms with Gasteiger partial charge >= 0.3 is 0 Å². The summed E-state index contributed by atoms with van der Waals surface area (Å²) in [5.41, 5.74) is 1.23. The van der Waals surface area contributed by atoms with Gasteiger partial charge in [0, 0.05) is 18.8 Å². The maximum Gasteiger partial charge on any atom is 0.213 e. The van der Waals surface area contributed by atoms with Crippen LogP contribution in [-0.2, 0) is 6.54 Å². The molecule has 1 aromatic rings. The maximum atomic E-state index is 5.65. The molecule has 1 rings (SSSR count). The Morgan fingerprint density at radius 1 is 1.22 bits per heavy atom. The van der Waals surface area contributed by atoms with Crippen LogP contribution >= 0.6 is 0 Å². The second-order valence-electron chi connectivity index (χ2n) is 5.56. The molecule has 0 radical (unpaired) electrons. The standard InChI is InChI=1S/C15H26N2O/c1-12(2)6-8-18-15-9-14(5-7-17-15)11-16-10-13(3)4/h5,7,9,12-13,16H,6,8,10-11H2,1-4H3. The van der Waals surface area contributed by atoms with E-state index in [1.165, 1.54) is 5.56 Å². The number of ether oxygens (including phenoxy) is 1. The minimum Gasteiger partial charge on any atom is -0.478 e. The Hall–Kier alpha value is -1.09. The third kappa shape index (κ3) is 6.60. The van der Waals surface area contributed by atoms with Gasteiger partial charge in [0.2, 0.25) is 5.88 Å². The van der Waals surface area contributed by atoms with Crippen molar-refractivity contribution in [1.29, 1.82) is 0 Å². The Balaban J connectivity index is 2.36. The molecule has 0 saturated carbocycles. The normalized spacial score (nSPS) is 11.2. The van der Waals surface area contributed by atoms with Crippen molar-refractivity contribution in [3.63, 3.8) is 0 Å². The highest BCUT2D eigenvalue weighted by molar-refractivity contribution is 5.20. The van der Waals surface area contributed by atoms with Crippen molar-refractivity contribution >= 4 is 0 Å². The Morgan fingerprint density at radius 3 is 2.67 bits per heavy atom. The minimum absolute atomic E-state index is 0.667. The van der Waals surface area contributed by atoms with Crippen LogP contribution in [0.4, 0.5) is 0 Å². The molecule has 0 atom stereocenters. The van der Waals surface area contributed by atoms with E-state index >= 15 is 0 Å². The molecule has 0 aliphatic heterocycles. The topological polar surface area (TPSA) is 34.1 Å². The molecule has 0 amide bonds. The molecule has 0 spiro atoms. The van der Waals surface area contributed by atoms with Crippen molar-refractivity contribution in [2.24, 2.45) is 11.8 Å². The van der Waals surface area contributed by atoms with Gasteiger partial charge in [0.1, 0.15) is 0 Å². The first kappa shape index (κ1) is 15.0. The molecule has 0 unspecified atom stereocenters. The van der Waals surface area contributed by atoms with Gasteiger partial charge in [0.05, 0.1) is 6.61 Å². The molecular formula is C15H26N2O. The second kappa shape index (κ2) is 8.09. The maximum absolute atomic E-state index is 5.65. The van der Waals surface area contributed by atoms with E-state index in [2.05, 4.69) is 38.0 Å². The fraction of sp³-hybridized carbons (Fsp3) is 0.667. The molecule has 1 N–H and O–H groups in total. The predicted molar refractivity (Wildman–Crippen MR) is 75.7 cm³/mol. The third-order valence-electron chi connectivity index (χ3n) is 2.63. The highest BCUT2D eigenvalue weighted by Crippen LogP contribution is 2.10. The lowest BCUT2D eigenvalue weighted by atomic mass is 10.1. The summed E-state index contributed by atoms with van der Waals surface area (Å²) in [5.74, 6) is 2.08. The van der Waals surface area contributed by atoms with Crippen LogP contribution in [0, 0.1) is 11.8 Å². The first-order valence-electron chi connectivity index (χ1n) is 6.86. The quantitative estimate of drug-likeness (QED) is 0.769. The average molecular weight is 250 g/mol. The molecule has 0 aromatic carbocycles. The number of aromatic nitrogens is 1. The van der Waals surface area contributed by atoms with E-state index in [0.717, 1.165) is 32.0 Å². The van der Waals surface area contributed by atoms with Gasteiger partial charge in [0.15, 0.2) is 0 Å². The van der Waals surface area contributed by atoms with Crippen molar-refractivity contribution in [2.45, 2.75) is 40.7 Å². The highest BCUT2D eigenvalue weighted by atomic mass is 16.5. The van der Waals surface area contributed by atoms with Gasteiger partial charge in [-0.3, -0.25) is 0 Å². The summed E-state index contributed by atoms with van der Waals surface area (Å²) in [4.78, 5) is 4.23. The monoisotopic (exact) mass is 250 g/mol. The van der Waals surface area contributed by atoms with Crippen LogP contribution < -0.4 is 10.1 Å². The summed E-state index contributed by atoms with van der Waals surface area (Å²) >= 11 is 0. The number of hydrogen-bond acceptors (Lipinski definition) is 3. The Kier molecular flexibility index (Phi) is 6.73. The van der Waals surface area contributed by atoms with Crippen molar-refractivity contribution in [3.8, 4) is 5.88 Å². The molecule has 102 valence electrons. The van der Waals surface area contributed by atoms with Crippen LogP contribution in [0.1, 0.15) is 39.7 Å². The first-order chi connectivity index (χ1) is 8.58. The van der Waals surface area contributed by atoms with E-state index in [9.17, 15) is 0 Å². The van der Waals surface area contributed by atoms with E-state index in [1.54, 1.807) is 0 Å². The average Bonchev–Trinajstić information content (AvgIpc) is 2.28. The zero-order valence-corrected chi connectivity index (χ0v) is 12.1. The van der Waals surface area contributed by atoms with Gasteiger partial charge in [-0.05, 0) is 36.4 Å². The molecule has 1 heterocycles. The molecular weight excluding hydrogens is 224 g/mol. The van der Waals surface area contributed by atoms with Crippen LogP contribution in [0.2, 0.25) is 0 Å². The molecule has 1 aromatic heterocycles. The summed E-state index contributed by atoms with van der Waals surface area (Å²) in [6.07, 6.45) is 2.88. The lowest BCUT2D eigenvalue weighted by molar-refractivity contribution is 0.279. The lowest BCUT2D eigenvalue weighted by Crippen LogP contribution is -2.19. The van der Waals surface area contributed by atoms with Crippen molar-refractivity contribution < 1.29 is 4.74 Å². The smallest absolute Gasteiger partial charge is 0.213 e. The molecule has 0 fully saturated rings. The van der Waals surface area contributed by atoms with Gasteiger partial charge in [-0.2, -0.15) is 0 Å². The summed E-state index contributed by atoms with van der Waals surface area (Å²) < 4.78 is 5.65. The van der Waals surface area contributed by atoms with Crippen LogP contribution in [-0.4, -0.2) is 18.1 Å². The van der Waals surface area contributed by atoms with Crippen molar-refractivity contribution in [2.75, 3.05) is 13.2 Å². The number of nitrogens with zero attached hydrogens (tertiary/aromatic N) is 1. The van der Waals surface area contributed by atoms with Crippen molar-refractivity contribution in [1.82, 2.24) is 10.3 Å². The van der Waals surface area contributed by atoms with Gasteiger partial charge in [0.25, 0.3) is 0 Å². The molecule has 3 heteroatoms. The van der Waals surface area contributed by atoms with E-state index in [1.807, 2.05) is 18.3 Å². The Morgan fingerprint density at radius 2 is 2.00 bits per heavy atom. The van der Waals surface area contributed by atoms with Gasteiger partial charge < -0.3 is 10.1 Å². The van der Waals surface area contributed by atoms with Crippen LogP contribution in [0.15, 0.2) is 18.3 Å². The van der Waals surface area contributed by atoms with Gasteiger partial charge in [-0.15, -0.1) is 0 Å². The number of rotatable bonds is 8.